The number of fused-ring (bicyclic) bond motifs is 1. The molecule has 0 aromatic heterocycles. The van der Waals surface area contributed by atoms with Crippen molar-refractivity contribution < 1.29 is 4.39 Å². The largest absolute Gasteiger partial charge is 0.383 e. The Morgan fingerprint density at radius 3 is 2.95 bits per heavy atom. The molecule has 2 fully saturated rings. The third-order valence-electron chi connectivity index (χ3n) is 4.47. The summed E-state index contributed by atoms with van der Waals surface area (Å²) in [6, 6.07) is 0.783. The van der Waals surface area contributed by atoms with Crippen LogP contribution in [0.4, 0.5) is 4.39 Å². The number of allylic oxidation sites excluding steroid dienone is 1. The van der Waals surface area contributed by atoms with Crippen LogP contribution in [-0.4, -0.2) is 40.8 Å². The van der Waals surface area contributed by atoms with Gasteiger partial charge in [-0.1, -0.05) is 11.6 Å². The van der Waals surface area contributed by atoms with E-state index < -0.39 is 11.3 Å². The van der Waals surface area contributed by atoms with Gasteiger partial charge in [-0.3, -0.25) is 9.89 Å². The fourth-order valence-corrected chi connectivity index (χ4v) is 3.70. The van der Waals surface area contributed by atoms with Crippen LogP contribution in [0.5, 0.6) is 0 Å². The van der Waals surface area contributed by atoms with Gasteiger partial charge < -0.3 is 11.1 Å². The lowest BCUT2D eigenvalue weighted by molar-refractivity contribution is 0.0398. The molecule has 4 nitrogen and oxygen atoms in total. The number of nitrogens with one attached hydrogen (secondary N) is 1. The van der Waals surface area contributed by atoms with E-state index in [1.165, 1.54) is 19.4 Å². The molecule has 0 radical (unpaired) electrons. The Kier molecular flexibility index (Phi) is 5.15. The summed E-state index contributed by atoms with van der Waals surface area (Å²) in [4.78, 5) is 6.38. The van der Waals surface area contributed by atoms with Gasteiger partial charge in [0, 0.05) is 17.6 Å². The lowest BCUT2D eigenvalue weighted by Crippen LogP contribution is -2.57. The molecule has 21 heavy (non-hydrogen) atoms. The van der Waals surface area contributed by atoms with E-state index in [4.69, 9.17) is 17.3 Å². The SMILES string of the molecule is CC(Cl)/N=C\C(F)=C(/N)NC1CC2CCCN2C(C)(C)C1. The van der Waals surface area contributed by atoms with Crippen LogP contribution in [0.15, 0.2) is 16.6 Å². The fraction of sp³-hybridized carbons (Fsp3) is 0.800. The van der Waals surface area contributed by atoms with Crippen LogP contribution in [-0.2, 0) is 0 Å². The lowest BCUT2D eigenvalue weighted by Gasteiger charge is -2.48. The zero-order valence-electron chi connectivity index (χ0n) is 13.1. The molecule has 0 spiro atoms. The van der Waals surface area contributed by atoms with Crippen molar-refractivity contribution in [3.63, 3.8) is 0 Å². The number of halogens is 2. The summed E-state index contributed by atoms with van der Waals surface area (Å²) >= 11 is 5.66. The maximum atomic E-state index is 13.8. The zero-order chi connectivity index (χ0) is 15.6. The molecule has 0 bridgehead atoms. The predicted octanol–water partition coefficient (Wildman–Crippen LogP) is 2.73. The first kappa shape index (κ1) is 16.6. The van der Waals surface area contributed by atoms with Gasteiger partial charge in [0.05, 0.1) is 6.21 Å². The molecule has 2 heterocycles. The minimum atomic E-state index is -0.547. The average Bonchev–Trinajstić information content (AvgIpc) is 2.84. The topological polar surface area (TPSA) is 53.6 Å². The summed E-state index contributed by atoms with van der Waals surface area (Å²) in [5, 5.41) is 3.13. The highest BCUT2D eigenvalue weighted by molar-refractivity contribution is 6.20. The van der Waals surface area contributed by atoms with Crippen LogP contribution in [0.2, 0.25) is 0 Å². The van der Waals surface area contributed by atoms with Crippen LogP contribution >= 0.6 is 11.6 Å². The van der Waals surface area contributed by atoms with Crippen LogP contribution < -0.4 is 11.1 Å². The lowest BCUT2D eigenvalue weighted by atomic mass is 9.84. The minimum Gasteiger partial charge on any atom is -0.383 e. The second-order valence-corrected chi connectivity index (χ2v) is 7.33. The molecule has 2 rings (SSSR count). The second-order valence-electron chi connectivity index (χ2n) is 6.70. The molecule has 0 saturated carbocycles. The molecule has 2 aliphatic rings. The molecule has 0 amide bonds. The van der Waals surface area contributed by atoms with Crippen LogP contribution in [0.25, 0.3) is 0 Å². The quantitative estimate of drug-likeness (QED) is 0.476. The Morgan fingerprint density at radius 2 is 2.29 bits per heavy atom. The van der Waals surface area contributed by atoms with Gasteiger partial charge in [-0.25, -0.2) is 4.39 Å². The maximum Gasteiger partial charge on any atom is 0.180 e. The van der Waals surface area contributed by atoms with Crippen molar-refractivity contribution in [2.75, 3.05) is 6.54 Å². The first-order valence-corrected chi connectivity index (χ1v) is 8.09. The Balaban J connectivity index is 2.01. The number of hydrogen-bond donors (Lipinski definition) is 2. The van der Waals surface area contributed by atoms with Gasteiger partial charge in [0.2, 0.25) is 0 Å². The van der Waals surface area contributed by atoms with Crippen LogP contribution in [0.3, 0.4) is 0 Å². The molecule has 3 atom stereocenters. The summed E-state index contributed by atoms with van der Waals surface area (Å²) in [5.41, 5.74) is 5.48. The van der Waals surface area contributed by atoms with Gasteiger partial charge in [0.25, 0.3) is 0 Å². The van der Waals surface area contributed by atoms with Crippen LogP contribution in [0, 0.1) is 0 Å². The zero-order valence-corrected chi connectivity index (χ0v) is 13.8. The number of rotatable bonds is 4. The van der Waals surface area contributed by atoms with Gasteiger partial charge in [0.15, 0.2) is 5.83 Å². The van der Waals surface area contributed by atoms with Crippen molar-refractivity contribution >= 4 is 17.8 Å². The highest BCUT2D eigenvalue weighted by Gasteiger charge is 2.42. The highest BCUT2D eigenvalue weighted by atomic mass is 35.5. The smallest absolute Gasteiger partial charge is 0.180 e. The number of nitrogens with zero attached hydrogens (tertiary/aromatic N) is 2. The average molecular weight is 317 g/mol. The summed E-state index contributed by atoms with van der Waals surface area (Å²) in [7, 11) is 0. The molecular formula is C15H26ClFN4. The molecule has 6 heteroatoms. The monoisotopic (exact) mass is 316 g/mol. The van der Waals surface area contributed by atoms with E-state index >= 15 is 0 Å². The second kappa shape index (κ2) is 6.53. The molecule has 0 aliphatic carbocycles. The Labute approximate surface area is 131 Å². The molecule has 120 valence electrons. The van der Waals surface area contributed by atoms with Crippen molar-refractivity contribution in [2.45, 2.75) is 69.6 Å². The minimum absolute atomic E-state index is 0.0586. The summed E-state index contributed by atoms with van der Waals surface area (Å²) < 4.78 is 13.8. The van der Waals surface area contributed by atoms with Crippen LogP contribution in [0.1, 0.15) is 46.5 Å². The summed E-state index contributed by atoms with van der Waals surface area (Å²) in [6.45, 7) is 7.36. The van der Waals surface area contributed by atoms with Gasteiger partial charge >= 0.3 is 0 Å². The molecule has 2 saturated heterocycles. The van der Waals surface area contributed by atoms with E-state index in [1.54, 1.807) is 6.92 Å². The van der Waals surface area contributed by atoms with Gasteiger partial charge in [-0.15, -0.1) is 0 Å². The van der Waals surface area contributed by atoms with Gasteiger partial charge in [-0.2, -0.15) is 0 Å². The highest BCUT2D eigenvalue weighted by Crippen LogP contribution is 2.37. The third kappa shape index (κ3) is 4.10. The molecule has 2 aliphatic heterocycles. The molecule has 3 unspecified atom stereocenters. The van der Waals surface area contributed by atoms with E-state index in [0.29, 0.717) is 6.04 Å². The standard InChI is InChI=1S/C15H26ClFN4/c1-10(16)19-9-13(17)14(18)20-11-7-12-5-4-6-21(12)15(2,3)8-11/h9-12,20H,4-8,18H2,1-3H3/b14-13-,19-9-. The molecule has 0 aromatic carbocycles. The van der Waals surface area contributed by atoms with Crippen molar-refractivity contribution in [1.29, 1.82) is 0 Å². The Morgan fingerprint density at radius 1 is 1.57 bits per heavy atom. The molecule has 0 aromatic rings. The van der Waals surface area contributed by atoms with Crippen molar-refractivity contribution in [3.05, 3.63) is 11.6 Å². The predicted molar refractivity (Wildman–Crippen MR) is 86.1 cm³/mol. The number of piperidine rings is 1. The van der Waals surface area contributed by atoms with Crippen molar-refractivity contribution in [3.8, 4) is 0 Å². The molecule has 3 N–H and O–H groups in total. The van der Waals surface area contributed by atoms with E-state index in [0.717, 1.165) is 19.1 Å². The molecular weight excluding hydrogens is 291 g/mol. The van der Waals surface area contributed by atoms with Crippen molar-refractivity contribution in [2.24, 2.45) is 10.7 Å². The first-order chi connectivity index (χ1) is 9.79. The number of hydrogen-bond acceptors (Lipinski definition) is 4. The third-order valence-corrected chi connectivity index (χ3v) is 4.58. The van der Waals surface area contributed by atoms with Crippen molar-refractivity contribution in [1.82, 2.24) is 10.2 Å². The maximum absolute atomic E-state index is 13.8. The number of alkyl halides is 1. The normalized spacial score (nSPS) is 31.9. The summed E-state index contributed by atoms with van der Waals surface area (Å²) in [6.07, 6.45) is 5.54. The number of nitrogens with two attached hydrogens (primary N) is 1. The van der Waals surface area contributed by atoms with E-state index in [9.17, 15) is 4.39 Å². The van der Waals surface area contributed by atoms with E-state index in [1.807, 2.05) is 0 Å². The summed E-state index contributed by atoms with van der Waals surface area (Å²) in [5.74, 6) is -0.488. The van der Waals surface area contributed by atoms with Gasteiger partial charge in [-0.05, 0) is 53.0 Å². The van der Waals surface area contributed by atoms with Gasteiger partial charge in [0.1, 0.15) is 11.3 Å². The van der Waals surface area contributed by atoms with E-state index in [2.05, 4.69) is 29.1 Å². The Bertz CT molecular complexity index is 433. The number of aliphatic imine (C=N–C) groups is 1. The first-order valence-electron chi connectivity index (χ1n) is 7.65. The Hall–Kier alpha value is -0.810. The van der Waals surface area contributed by atoms with E-state index in [-0.39, 0.29) is 17.4 Å². The fourth-order valence-electron chi connectivity index (χ4n) is 3.65.